The van der Waals surface area contributed by atoms with Crippen LogP contribution in [0.2, 0.25) is 0 Å². The molecule has 0 radical (unpaired) electrons. The van der Waals surface area contributed by atoms with Crippen LogP contribution in [0.1, 0.15) is 48.7 Å². The monoisotopic (exact) mass is 236 g/mol. The van der Waals surface area contributed by atoms with Crippen molar-refractivity contribution >= 4 is 5.97 Å². The maximum atomic E-state index is 10.9. The summed E-state index contributed by atoms with van der Waals surface area (Å²) in [5.41, 5.74) is 3.56. The molecule has 0 bridgehead atoms. The minimum absolute atomic E-state index is 0.149. The van der Waals surface area contributed by atoms with Crippen molar-refractivity contribution in [3.05, 3.63) is 17.0 Å². The van der Waals surface area contributed by atoms with Gasteiger partial charge in [0.25, 0.3) is 0 Å². The summed E-state index contributed by atoms with van der Waals surface area (Å²) in [6.45, 7) is 6.22. The van der Waals surface area contributed by atoms with E-state index < -0.39 is 5.97 Å². The number of aliphatic carboxylic acids is 1. The topological polar surface area (TPSA) is 55.1 Å². The first-order valence-corrected chi connectivity index (χ1v) is 6.25. The van der Waals surface area contributed by atoms with Crippen LogP contribution in [0, 0.1) is 26.7 Å². The summed E-state index contributed by atoms with van der Waals surface area (Å²) in [6, 6.07) is 0.387. The van der Waals surface area contributed by atoms with Crippen LogP contribution in [0.4, 0.5) is 0 Å². The van der Waals surface area contributed by atoms with Crippen molar-refractivity contribution in [3.63, 3.8) is 0 Å². The Morgan fingerprint density at radius 1 is 1.24 bits per heavy atom. The SMILES string of the molecule is Cc1nn([C@H]2CC[C@H](C(=O)O)CC2)c(C)c1C. The summed E-state index contributed by atoms with van der Waals surface area (Å²) >= 11 is 0. The molecule has 0 spiro atoms. The highest BCUT2D eigenvalue weighted by atomic mass is 16.4. The lowest BCUT2D eigenvalue weighted by molar-refractivity contribution is -0.143. The van der Waals surface area contributed by atoms with Crippen LogP contribution >= 0.6 is 0 Å². The van der Waals surface area contributed by atoms with Crippen molar-refractivity contribution < 1.29 is 9.90 Å². The molecule has 4 heteroatoms. The number of aromatic nitrogens is 2. The predicted molar refractivity (Wildman–Crippen MR) is 65.1 cm³/mol. The molecule has 0 aliphatic heterocycles. The van der Waals surface area contributed by atoms with Crippen LogP contribution in [-0.4, -0.2) is 20.9 Å². The summed E-state index contributed by atoms with van der Waals surface area (Å²) in [5.74, 6) is -0.794. The van der Waals surface area contributed by atoms with E-state index in [9.17, 15) is 4.79 Å². The van der Waals surface area contributed by atoms with Gasteiger partial charge in [-0.25, -0.2) is 0 Å². The Kier molecular flexibility index (Phi) is 3.22. The lowest BCUT2D eigenvalue weighted by Crippen LogP contribution is -2.24. The van der Waals surface area contributed by atoms with Crippen LogP contribution in [-0.2, 0) is 4.79 Å². The van der Waals surface area contributed by atoms with Crippen molar-refractivity contribution in [2.24, 2.45) is 5.92 Å². The Hall–Kier alpha value is -1.32. The highest BCUT2D eigenvalue weighted by Gasteiger charge is 2.28. The molecule has 1 aromatic rings. The highest BCUT2D eigenvalue weighted by Crippen LogP contribution is 2.33. The van der Waals surface area contributed by atoms with Gasteiger partial charge in [0.1, 0.15) is 0 Å². The van der Waals surface area contributed by atoms with E-state index in [0.717, 1.165) is 31.4 Å². The second-order valence-corrected chi connectivity index (χ2v) is 5.08. The van der Waals surface area contributed by atoms with Crippen molar-refractivity contribution in [2.75, 3.05) is 0 Å². The molecule has 0 unspecified atom stereocenters. The van der Waals surface area contributed by atoms with Gasteiger partial charge in [0.15, 0.2) is 0 Å². The van der Waals surface area contributed by atoms with Crippen LogP contribution in [0.5, 0.6) is 0 Å². The second kappa shape index (κ2) is 4.51. The average molecular weight is 236 g/mol. The number of rotatable bonds is 2. The number of nitrogens with zero attached hydrogens (tertiary/aromatic N) is 2. The van der Waals surface area contributed by atoms with Crippen molar-refractivity contribution in [2.45, 2.75) is 52.5 Å². The first-order valence-electron chi connectivity index (χ1n) is 6.25. The highest BCUT2D eigenvalue weighted by molar-refractivity contribution is 5.70. The van der Waals surface area contributed by atoms with Crippen molar-refractivity contribution in [1.82, 2.24) is 9.78 Å². The van der Waals surface area contributed by atoms with E-state index in [-0.39, 0.29) is 5.92 Å². The van der Waals surface area contributed by atoms with E-state index in [1.807, 2.05) is 6.92 Å². The van der Waals surface area contributed by atoms with E-state index >= 15 is 0 Å². The third kappa shape index (κ3) is 2.21. The Morgan fingerprint density at radius 3 is 2.24 bits per heavy atom. The van der Waals surface area contributed by atoms with E-state index in [1.165, 1.54) is 11.3 Å². The molecule has 0 saturated heterocycles. The average Bonchev–Trinajstić information content (AvgIpc) is 2.57. The van der Waals surface area contributed by atoms with Gasteiger partial charge in [0.05, 0.1) is 17.7 Å². The molecule has 0 aromatic carbocycles. The third-order valence-corrected chi connectivity index (χ3v) is 4.08. The van der Waals surface area contributed by atoms with Gasteiger partial charge in [0, 0.05) is 5.69 Å². The van der Waals surface area contributed by atoms with Gasteiger partial charge >= 0.3 is 5.97 Å². The normalized spacial score (nSPS) is 24.9. The van der Waals surface area contributed by atoms with Crippen LogP contribution in [0.3, 0.4) is 0 Å². The molecule has 0 amide bonds. The first kappa shape index (κ1) is 12.1. The van der Waals surface area contributed by atoms with Crippen LogP contribution in [0.25, 0.3) is 0 Å². The summed E-state index contributed by atoms with van der Waals surface area (Å²) in [5, 5.41) is 13.5. The number of hydrogen-bond acceptors (Lipinski definition) is 2. The fraction of sp³-hybridized carbons (Fsp3) is 0.692. The molecular weight excluding hydrogens is 216 g/mol. The summed E-state index contributed by atoms with van der Waals surface area (Å²) < 4.78 is 2.10. The zero-order valence-electron chi connectivity index (χ0n) is 10.7. The van der Waals surface area contributed by atoms with Gasteiger partial charge in [-0.2, -0.15) is 5.10 Å². The van der Waals surface area contributed by atoms with E-state index in [1.54, 1.807) is 0 Å². The number of carboxylic acid groups (broad SMARTS) is 1. The third-order valence-electron chi connectivity index (χ3n) is 4.08. The fourth-order valence-corrected chi connectivity index (χ4v) is 2.67. The van der Waals surface area contributed by atoms with Crippen molar-refractivity contribution in [1.29, 1.82) is 0 Å². The smallest absolute Gasteiger partial charge is 0.306 e. The molecule has 1 aliphatic carbocycles. The first-order chi connectivity index (χ1) is 8.00. The maximum absolute atomic E-state index is 10.9. The molecule has 1 fully saturated rings. The molecule has 4 nitrogen and oxygen atoms in total. The lowest BCUT2D eigenvalue weighted by Gasteiger charge is -2.27. The quantitative estimate of drug-likeness (QED) is 0.858. The molecule has 0 atom stereocenters. The maximum Gasteiger partial charge on any atom is 0.306 e. The van der Waals surface area contributed by atoms with E-state index in [4.69, 9.17) is 5.11 Å². The van der Waals surface area contributed by atoms with E-state index in [0.29, 0.717) is 6.04 Å². The summed E-state index contributed by atoms with van der Waals surface area (Å²) in [7, 11) is 0. The largest absolute Gasteiger partial charge is 0.481 e. The minimum Gasteiger partial charge on any atom is -0.481 e. The van der Waals surface area contributed by atoms with Gasteiger partial charge in [-0.05, 0) is 52.0 Å². The van der Waals surface area contributed by atoms with Gasteiger partial charge in [-0.3, -0.25) is 9.48 Å². The van der Waals surface area contributed by atoms with Gasteiger partial charge in [-0.1, -0.05) is 0 Å². The Balaban J connectivity index is 2.10. The molecule has 94 valence electrons. The molecule has 2 rings (SSSR count). The second-order valence-electron chi connectivity index (χ2n) is 5.08. The zero-order chi connectivity index (χ0) is 12.6. The molecule has 1 aromatic heterocycles. The molecule has 1 heterocycles. The van der Waals surface area contributed by atoms with Gasteiger partial charge in [-0.15, -0.1) is 0 Å². The van der Waals surface area contributed by atoms with Crippen LogP contribution < -0.4 is 0 Å². The Bertz CT molecular complexity index is 429. The number of hydrogen-bond donors (Lipinski definition) is 1. The number of carbonyl (C=O) groups is 1. The molecule has 1 saturated carbocycles. The van der Waals surface area contributed by atoms with Crippen LogP contribution in [0.15, 0.2) is 0 Å². The molecule has 1 N–H and O–H groups in total. The fourth-order valence-electron chi connectivity index (χ4n) is 2.67. The zero-order valence-corrected chi connectivity index (χ0v) is 10.7. The van der Waals surface area contributed by atoms with Gasteiger partial charge in [0.2, 0.25) is 0 Å². The minimum atomic E-state index is -0.645. The molecule has 17 heavy (non-hydrogen) atoms. The molecule has 1 aliphatic rings. The Labute approximate surface area is 102 Å². The Morgan fingerprint density at radius 2 is 1.82 bits per heavy atom. The number of carboxylic acids is 1. The van der Waals surface area contributed by atoms with Crippen molar-refractivity contribution in [3.8, 4) is 0 Å². The lowest BCUT2D eigenvalue weighted by atomic mass is 9.86. The van der Waals surface area contributed by atoms with Gasteiger partial charge < -0.3 is 5.11 Å². The molecular formula is C13H20N2O2. The van der Waals surface area contributed by atoms with E-state index in [2.05, 4.69) is 23.6 Å². The predicted octanol–water partition coefficient (Wildman–Crippen LogP) is 2.62. The number of aryl methyl sites for hydroxylation is 1. The summed E-state index contributed by atoms with van der Waals surface area (Å²) in [4.78, 5) is 10.9. The summed E-state index contributed by atoms with van der Waals surface area (Å²) in [6.07, 6.45) is 3.41. The standard InChI is InChI=1S/C13H20N2O2/c1-8-9(2)14-15(10(8)3)12-6-4-11(5-7-12)13(16)17/h11-12H,4-7H2,1-3H3,(H,16,17)/t11-,12-.